The molecule has 0 aliphatic carbocycles. The van der Waals surface area contributed by atoms with Crippen molar-refractivity contribution in [3.05, 3.63) is 37.0 Å². The number of unbranched alkanes of at least 4 members (excludes halogenated alkanes) is 3. The van der Waals surface area contributed by atoms with Crippen LogP contribution in [0.1, 0.15) is 73.1 Å². The van der Waals surface area contributed by atoms with Crippen molar-refractivity contribution < 1.29 is 29.0 Å². The molecule has 0 fully saturated rings. The Kier molecular flexibility index (Phi) is 34.7. The molecular weight excluding hydrogens is 515 g/mol. The van der Waals surface area contributed by atoms with Crippen molar-refractivity contribution in [1.29, 1.82) is 0 Å². The molecule has 32 heavy (non-hydrogen) atoms. The Morgan fingerprint density at radius 1 is 0.812 bits per heavy atom. The Bertz CT molecular complexity index is 495. The average molecular weight is 561 g/mol. The van der Waals surface area contributed by atoms with Gasteiger partial charge in [-0.15, -0.1) is 0 Å². The number of ether oxygens (including phenoxy) is 2. The molecule has 0 unspecified atom stereocenters. The molecular formula is C25H46O6Sn. The fourth-order valence-corrected chi connectivity index (χ4v) is 11.4. The third kappa shape index (κ3) is 35.8. The molecule has 0 saturated carbocycles. The zero-order valence-corrected chi connectivity index (χ0v) is 24.4. The molecule has 0 spiro atoms. The van der Waals surface area contributed by atoms with Crippen molar-refractivity contribution >= 4 is 37.7 Å². The number of rotatable bonds is 12. The van der Waals surface area contributed by atoms with Crippen molar-refractivity contribution in [2.24, 2.45) is 0 Å². The SMILES string of the molecule is C=C(C)C(=O)OC.C=C(C)C(=O)[O-].C=CC(=O)OC.CCC[CH2][Sn+]([CH2]CCC)[CH2]CCC. The molecule has 0 saturated heterocycles. The molecule has 0 aromatic rings. The van der Waals surface area contributed by atoms with Gasteiger partial charge >= 0.3 is 104 Å². The first kappa shape index (κ1) is 37.7. The molecule has 0 aromatic carbocycles. The summed E-state index contributed by atoms with van der Waals surface area (Å²) in [5, 5.41) is 9.49. The quantitative estimate of drug-likeness (QED) is 0.183. The minimum atomic E-state index is -1.19. The molecule has 6 nitrogen and oxygen atoms in total. The molecule has 0 atom stereocenters. The van der Waals surface area contributed by atoms with Gasteiger partial charge in [-0.2, -0.15) is 0 Å². The third-order valence-corrected chi connectivity index (χ3v) is 13.0. The first-order valence-corrected chi connectivity index (χ1v) is 17.2. The van der Waals surface area contributed by atoms with Gasteiger partial charge in [-0.25, -0.2) is 9.59 Å². The fourth-order valence-electron chi connectivity index (χ4n) is 1.91. The zero-order valence-electron chi connectivity index (χ0n) is 21.5. The fraction of sp³-hybridized carbons (Fsp3) is 0.640. The molecule has 0 aromatic heterocycles. The summed E-state index contributed by atoms with van der Waals surface area (Å²) in [5.74, 6) is -1.93. The molecule has 0 aliphatic heterocycles. The topological polar surface area (TPSA) is 92.7 Å². The number of carbonyl (C=O) groups is 3. The second-order valence-electron chi connectivity index (χ2n) is 7.13. The monoisotopic (exact) mass is 562 g/mol. The molecule has 0 bridgehead atoms. The van der Waals surface area contributed by atoms with E-state index in [2.05, 4.69) is 50.0 Å². The van der Waals surface area contributed by atoms with Crippen LogP contribution in [0.2, 0.25) is 13.3 Å². The van der Waals surface area contributed by atoms with Crippen molar-refractivity contribution in [1.82, 2.24) is 0 Å². The Labute approximate surface area is 203 Å². The van der Waals surface area contributed by atoms with Gasteiger partial charge in [0.2, 0.25) is 0 Å². The second-order valence-corrected chi connectivity index (χ2v) is 15.7. The van der Waals surface area contributed by atoms with E-state index in [9.17, 15) is 19.5 Å². The van der Waals surface area contributed by atoms with Crippen LogP contribution in [-0.4, -0.2) is 51.9 Å². The molecule has 0 aliphatic rings. The van der Waals surface area contributed by atoms with E-state index in [0.717, 1.165) is 6.08 Å². The molecule has 0 heterocycles. The van der Waals surface area contributed by atoms with Crippen LogP contribution in [0.3, 0.4) is 0 Å². The van der Waals surface area contributed by atoms with Crippen molar-refractivity contribution in [3.8, 4) is 0 Å². The predicted octanol–water partition coefficient (Wildman–Crippen LogP) is 5.27. The van der Waals surface area contributed by atoms with Crippen molar-refractivity contribution in [2.75, 3.05) is 14.2 Å². The number of aliphatic carboxylic acids is 1. The van der Waals surface area contributed by atoms with E-state index in [4.69, 9.17) is 0 Å². The Hall–Kier alpha value is -1.57. The third-order valence-electron chi connectivity index (χ3n) is 3.90. The summed E-state index contributed by atoms with van der Waals surface area (Å²) in [5.41, 5.74) is 0.498. The normalized spacial score (nSPS) is 8.59. The van der Waals surface area contributed by atoms with Crippen LogP contribution in [0, 0.1) is 0 Å². The van der Waals surface area contributed by atoms with Gasteiger partial charge in [0.05, 0.1) is 20.2 Å². The number of carboxylic acid groups (broad SMARTS) is 1. The molecule has 7 heteroatoms. The predicted molar refractivity (Wildman–Crippen MR) is 134 cm³/mol. The van der Waals surface area contributed by atoms with E-state index in [1.54, 1.807) is 20.2 Å². The summed E-state index contributed by atoms with van der Waals surface area (Å²) in [4.78, 5) is 29.5. The van der Waals surface area contributed by atoms with Crippen LogP contribution in [0.5, 0.6) is 0 Å². The Balaban J connectivity index is -0.000000176. The van der Waals surface area contributed by atoms with Gasteiger partial charge in [-0.05, 0) is 19.4 Å². The summed E-state index contributed by atoms with van der Waals surface area (Å²) in [7, 11) is 2.64. The summed E-state index contributed by atoms with van der Waals surface area (Å²) in [6.45, 7) is 19.6. The van der Waals surface area contributed by atoms with Gasteiger partial charge < -0.3 is 19.4 Å². The number of carbonyl (C=O) groups excluding carboxylic acids is 3. The average Bonchev–Trinajstić information content (AvgIpc) is 2.78. The minimum absolute atomic E-state index is 0.0648. The van der Waals surface area contributed by atoms with Gasteiger partial charge in [0, 0.05) is 11.6 Å². The second kappa shape index (κ2) is 29.4. The number of esters is 2. The van der Waals surface area contributed by atoms with Crippen LogP contribution in [0.25, 0.3) is 0 Å². The number of hydrogen-bond donors (Lipinski definition) is 0. The zero-order chi connectivity index (χ0) is 25.9. The molecule has 186 valence electrons. The number of methoxy groups -OCH3 is 2. The maximum absolute atomic E-state index is 10.2. The van der Waals surface area contributed by atoms with Gasteiger partial charge in [0.1, 0.15) is 0 Å². The number of hydrogen-bond acceptors (Lipinski definition) is 6. The van der Waals surface area contributed by atoms with E-state index in [1.807, 2.05) is 0 Å². The van der Waals surface area contributed by atoms with Crippen LogP contribution in [0.4, 0.5) is 0 Å². The van der Waals surface area contributed by atoms with E-state index >= 15 is 0 Å². The standard InChI is InChI=1S/C5H8O2.2C4H6O2.3C4H9.Sn/c1-4(2)5(6)7-3;1-3-4(5)6-2;1-3(2)4(5)6;3*1-3-4-2;/h1H2,2-3H3;3H,1H2,2H3;1H2,2H3,(H,5,6);3*1,3-4H2,2H3;/q;;;;;;+1/p-1. The summed E-state index contributed by atoms with van der Waals surface area (Å²) >= 11 is -0.839. The van der Waals surface area contributed by atoms with Crippen LogP contribution >= 0.6 is 0 Å². The van der Waals surface area contributed by atoms with E-state index in [-0.39, 0.29) is 11.5 Å². The molecule has 0 radical (unpaired) electrons. The first-order valence-electron chi connectivity index (χ1n) is 11.1. The van der Waals surface area contributed by atoms with Gasteiger partial charge in [-0.3, -0.25) is 0 Å². The van der Waals surface area contributed by atoms with Crippen LogP contribution < -0.4 is 5.11 Å². The Morgan fingerprint density at radius 2 is 1.16 bits per heavy atom. The summed E-state index contributed by atoms with van der Waals surface area (Å²) in [6, 6.07) is 0. The summed E-state index contributed by atoms with van der Waals surface area (Å²) < 4.78 is 13.5. The van der Waals surface area contributed by atoms with E-state index in [0.29, 0.717) is 5.57 Å². The van der Waals surface area contributed by atoms with Crippen molar-refractivity contribution in [2.45, 2.75) is 86.5 Å². The van der Waals surface area contributed by atoms with Crippen molar-refractivity contribution in [3.63, 3.8) is 0 Å². The van der Waals surface area contributed by atoms with Gasteiger partial charge in [0.15, 0.2) is 0 Å². The summed E-state index contributed by atoms with van der Waals surface area (Å²) in [6.07, 6.45) is 9.96. The molecule has 0 amide bonds. The van der Waals surface area contributed by atoms with Crippen LogP contribution in [0.15, 0.2) is 37.0 Å². The molecule has 0 N–H and O–H groups in total. The first-order chi connectivity index (χ1) is 15.0. The van der Waals surface area contributed by atoms with Gasteiger partial charge in [0.25, 0.3) is 0 Å². The van der Waals surface area contributed by atoms with E-state index < -0.39 is 31.7 Å². The van der Waals surface area contributed by atoms with Crippen LogP contribution in [-0.2, 0) is 23.9 Å². The number of carboxylic acids is 1. The Morgan fingerprint density at radius 3 is 1.25 bits per heavy atom. The van der Waals surface area contributed by atoms with Gasteiger partial charge in [-0.1, -0.05) is 19.7 Å². The maximum atomic E-state index is 10.2. The molecule has 0 rings (SSSR count). The van der Waals surface area contributed by atoms with E-state index in [1.165, 1.54) is 59.7 Å².